The third kappa shape index (κ3) is 3.86. The maximum Gasteiger partial charge on any atom is 0.416 e. The highest BCUT2D eigenvalue weighted by molar-refractivity contribution is 6.12. The average molecular weight is 446 g/mol. The number of fused-ring (bicyclic) bond motifs is 1. The van der Waals surface area contributed by atoms with Gasteiger partial charge in [-0.15, -0.1) is 0 Å². The normalized spacial score (nSPS) is 16.0. The summed E-state index contributed by atoms with van der Waals surface area (Å²) < 4.78 is 45.0. The number of methoxy groups -OCH3 is 1. The van der Waals surface area contributed by atoms with Gasteiger partial charge in [0.1, 0.15) is 0 Å². The zero-order valence-electron chi connectivity index (χ0n) is 16.9. The Morgan fingerprint density at radius 2 is 1.91 bits per heavy atom. The van der Waals surface area contributed by atoms with E-state index in [4.69, 9.17) is 4.74 Å². The number of nitrogens with one attached hydrogen (secondary N) is 1. The van der Waals surface area contributed by atoms with Gasteiger partial charge in [-0.3, -0.25) is 19.3 Å². The standard InChI is InChI=1S/C20H17F3N6O3/c1-11-10-28(13-5-3-12(4-6-13)20(21,22)23)19(31)17-14(8-25-29(11)17)27-18(30)15-7-24-9-16(26-15)32-2/h3-9,11H,10H2,1-2H3,(H,27,30). The molecule has 1 atom stereocenters. The summed E-state index contributed by atoms with van der Waals surface area (Å²) >= 11 is 0. The lowest BCUT2D eigenvalue weighted by Crippen LogP contribution is -2.43. The summed E-state index contributed by atoms with van der Waals surface area (Å²) in [4.78, 5) is 35.0. The fraction of sp³-hybridized carbons (Fsp3) is 0.250. The summed E-state index contributed by atoms with van der Waals surface area (Å²) in [5, 5.41) is 6.78. The van der Waals surface area contributed by atoms with Crippen molar-refractivity contribution in [3.63, 3.8) is 0 Å². The van der Waals surface area contributed by atoms with Gasteiger partial charge in [0.2, 0.25) is 5.88 Å². The van der Waals surface area contributed by atoms with E-state index in [0.29, 0.717) is 5.69 Å². The van der Waals surface area contributed by atoms with Gasteiger partial charge in [0.15, 0.2) is 11.4 Å². The fourth-order valence-corrected chi connectivity index (χ4v) is 3.35. The van der Waals surface area contributed by atoms with Crippen LogP contribution < -0.4 is 15.0 Å². The van der Waals surface area contributed by atoms with Crippen molar-refractivity contribution < 1.29 is 27.5 Å². The zero-order chi connectivity index (χ0) is 23.0. The summed E-state index contributed by atoms with van der Waals surface area (Å²) in [5.41, 5.74) is -0.282. The number of carbonyl (C=O) groups excluding carboxylic acids is 2. The summed E-state index contributed by atoms with van der Waals surface area (Å²) in [6.45, 7) is 2.01. The van der Waals surface area contributed by atoms with Gasteiger partial charge in [-0.25, -0.2) is 4.98 Å². The van der Waals surface area contributed by atoms with Crippen molar-refractivity contribution in [1.82, 2.24) is 19.7 Å². The van der Waals surface area contributed by atoms with E-state index in [9.17, 15) is 22.8 Å². The molecule has 1 aliphatic heterocycles. The molecule has 0 spiro atoms. The third-order valence-corrected chi connectivity index (χ3v) is 4.92. The molecular formula is C20H17F3N6O3. The molecule has 166 valence electrons. The van der Waals surface area contributed by atoms with Gasteiger partial charge < -0.3 is 15.0 Å². The Morgan fingerprint density at radius 1 is 1.19 bits per heavy atom. The second kappa shape index (κ2) is 7.94. The van der Waals surface area contributed by atoms with Crippen LogP contribution in [0, 0.1) is 0 Å². The molecule has 0 bridgehead atoms. The number of nitrogens with zero attached hydrogens (tertiary/aromatic N) is 5. The second-order valence-corrected chi connectivity index (χ2v) is 7.06. The minimum Gasteiger partial charge on any atom is -0.480 e. The monoisotopic (exact) mass is 446 g/mol. The first-order valence-electron chi connectivity index (χ1n) is 9.43. The van der Waals surface area contributed by atoms with E-state index in [1.165, 1.54) is 47.4 Å². The molecule has 12 heteroatoms. The van der Waals surface area contributed by atoms with Crippen molar-refractivity contribution in [3.8, 4) is 5.88 Å². The number of ether oxygens (including phenoxy) is 1. The summed E-state index contributed by atoms with van der Waals surface area (Å²) in [6.07, 6.45) is -0.555. The number of rotatable bonds is 4. The predicted octanol–water partition coefficient (Wildman–Crippen LogP) is 3.17. The minimum absolute atomic E-state index is 0.0276. The first kappa shape index (κ1) is 21.3. The van der Waals surface area contributed by atoms with Crippen molar-refractivity contribution in [3.05, 3.63) is 59.8 Å². The van der Waals surface area contributed by atoms with Gasteiger partial charge in [0.25, 0.3) is 11.8 Å². The van der Waals surface area contributed by atoms with Gasteiger partial charge in [0, 0.05) is 12.2 Å². The number of carbonyl (C=O) groups is 2. The van der Waals surface area contributed by atoms with Crippen molar-refractivity contribution in [1.29, 1.82) is 0 Å². The van der Waals surface area contributed by atoms with Gasteiger partial charge in [-0.05, 0) is 31.2 Å². The summed E-state index contributed by atoms with van der Waals surface area (Å²) in [5.74, 6) is -0.987. The number of aromatic nitrogens is 4. The molecule has 0 aliphatic carbocycles. The number of hydrogen-bond donors (Lipinski definition) is 1. The minimum atomic E-state index is -4.48. The van der Waals surface area contributed by atoms with Crippen molar-refractivity contribution in [2.45, 2.75) is 19.1 Å². The first-order valence-corrected chi connectivity index (χ1v) is 9.43. The molecule has 0 radical (unpaired) electrons. The van der Waals surface area contributed by atoms with E-state index in [2.05, 4.69) is 20.4 Å². The SMILES string of the molecule is COc1cncc(C(=O)Nc2cnn3c2C(=O)N(c2ccc(C(F)(F)F)cc2)CC3C)n1. The first-order chi connectivity index (χ1) is 15.2. The quantitative estimate of drug-likeness (QED) is 0.661. The Kier molecular flexibility index (Phi) is 5.28. The lowest BCUT2D eigenvalue weighted by Gasteiger charge is -2.32. The lowest BCUT2D eigenvalue weighted by atomic mass is 10.1. The van der Waals surface area contributed by atoms with Crippen molar-refractivity contribution >= 4 is 23.2 Å². The van der Waals surface area contributed by atoms with Gasteiger partial charge in [0.05, 0.1) is 43.0 Å². The van der Waals surface area contributed by atoms with Crippen LogP contribution >= 0.6 is 0 Å². The highest BCUT2D eigenvalue weighted by Crippen LogP contribution is 2.33. The van der Waals surface area contributed by atoms with E-state index in [-0.39, 0.29) is 35.5 Å². The molecule has 1 aromatic carbocycles. The topological polar surface area (TPSA) is 102 Å². The Bertz CT molecular complexity index is 1180. The Balaban J connectivity index is 1.62. The van der Waals surface area contributed by atoms with Gasteiger partial charge in [-0.2, -0.15) is 18.3 Å². The van der Waals surface area contributed by atoms with Crippen LogP contribution in [-0.4, -0.2) is 45.2 Å². The molecule has 0 fully saturated rings. The number of amides is 2. The molecular weight excluding hydrogens is 429 g/mol. The number of alkyl halides is 3. The molecule has 2 amide bonds. The summed E-state index contributed by atoms with van der Waals surface area (Å²) in [6, 6.07) is 4.03. The van der Waals surface area contributed by atoms with E-state index >= 15 is 0 Å². The van der Waals surface area contributed by atoms with Crippen LogP contribution in [0.3, 0.4) is 0 Å². The largest absolute Gasteiger partial charge is 0.480 e. The second-order valence-electron chi connectivity index (χ2n) is 7.06. The van der Waals surface area contributed by atoms with E-state index in [1.807, 2.05) is 0 Å². The van der Waals surface area contributed by atoms with E-state index < -0.39 is 23.6 Å². The number of hydrogen-bond acceptors (Lipinski definition) is 6. The zero-order valence-corrected chi connectivity index (χ0v) is 16.9. The highest BCUT2D eigenvalue weighted by atomic mass is 19.4. The molecule has 1 N–H and O–H groups in total. The molecule has 3 aromatic rings. The molecule has 4 rings (SSSR count). The van der Waals surface area contributed by atoms with Crippen LogP contribution in [0.25, 0.3) is 0 Å². The molecule has 9 nitrogen and oxygen atoms in total. The van der Waals surface area contributed by atoms with E-state index in [1.54, 1.807) is 6.92 Å². The smallest absolute Gasteiger partial charge is 0.416 e. The Morgan fingerprint density at radius 3 is 2.56 bits per heavy atom. The fourth-order valence-electron chi connectivity index (χ4n) is 3.35. The molecule has 32 heavy (non-hydrogen) atoms. The molecule has 1 aliphatic rings. The Hall–Kier alpha value is -3.96. The van der Waals surface area contributed by atoms with Crippen molar-refractivity contribution in [2.24, 2.45) is 0 Å². The van der Waals surface area contributed by atoms with Crippen molar-refractivity contribution in [2.75, 3.05) is 23.9 Å². The average Bonchev–Trinajstić information content (AvgIpc) is 3.20. The predicted molar refractivity (Wildman–Crippen MR) is 107 cm³/mol. The lowest BCUT2D eigenvalue weighted by molar-refractivity contribution is -0.137. The molecule has 1 unspecified atom stereocenters. The number of halogens is 3. The highest BCUT2D eigenvalue weighted by Gasteiger charge is 2.35. The van der Waals surface area contributed by atoms with Gasteiger partial charge >= 0.3 is 6.18 Å². The third-order valence-electron chi connectivity index (χ3n) is 4.92. The summed E-state index contributed by atoms with van der Waals surface area (Å²) in [7, 11) is 1.38. The van der Waals surface area contributed by atoms with Crippen LogP contribution in [0.5, 0.6) is 5.88 Å². The number of anilines is 2. The Labute approximate surface area is 179 Å². The van der Waals surface area contributed by atoms with Crippen LogP contribution in [-0.2, 0) is 6.18 Å². The maximum absolute atomic E-state index is 13.2. The molecule has 3 heterocycles. The van der Waals surface area contributed by atoms with Crippen LogP contribution in [0.2, 0.25) is 0 Å². The maximum atomic E-state index is 13.2. The van der Waals surface area contributed by atoms with E-state index in [0.717, 1.165) is 12.1 Å². The van der Waals surface area contributed by atoms with Crippen LogP contribution in [0.1, 0.15) is 39.5 Å². The number of benzene rings is 1. The van der Waals surface area contributed by atoms with Gasteiger partial charge in [-0.1, -0.05) is 0 Å². The molecule has 2 aromatic heterocycles. The van der Waals surface area contributed by atoms with Crippen LogP contribution in [0.15, 0.2) is 42.9 Å². The molecule has 0 saturated heterocycles. The molecule has 0 saturated carbocycles. The van der Waals surface area contributed by atoms with Crippen LogP contribution in [0.4, 0.5) is 24.5 Å².